The van der Waals surface area contributed by atoms with Crippen molar-refractivity contribution < 1.29 is 4.42 Å². The molecule has 6 heteroatoms. The zero-order chi connectivity index (χ0) is 22.6. The number of benzene rings is 3. The van der Waals surface area contributed by atoms with Gasteiger partial charge in [-0.05, 0) is 35.7 Å². The molecule has 2 aromatic heterocycles. The van der Waals surface area contributed by atoms with E-state index in [9.17, 15) is 4.79 Å². The third-order valence-corrected chi connectivity index (χ3v) is 6.36. The Morgan fingerprint density at radius 2 is 1.74 bits per heavy atom. The molecular formula is C28H18N4O2. The highest BCUT2D eigenvalue weighted by Crippen LogP contribution is 2.35. The smallest absolute Gasteiger partial charge is 0.279 e. The van der Waals surface area contributed by atoms with Gasteiger partial charge in [-0.25, -0.2) is 4.98 Å². The summed E-state index contributed by atoms with van der Waals surface area (Å²) in [5.41, 5.74) is 4.60. The highest BCUT2D eigenvalue weighted by Gasteiger charge is 2.24. The quantitative estimate of drug-likeness (QED) is 0.356. The van der Waals surface area contributed by atoms with E-state index in [1.165, 1.54) is 0 Å². The van der Waals surface area contributed by atoms with Crippen LogP contribution in [0.4, 0.5) is 0 Å². The molecule has 0 radical (unpaired) electrons. The van der Waals surface area contributed by atoms with Crippen LogP contribution >= 0.6 is 0 Å². The molecule has 0 spiro atoms. The van der Waals surface area contributed by atoms with Crippen LogP contribution in [0.15, 0.2) is 101 Å². The summed E-state index contributed by atoms with van der Waals surface area (Å²) in [7, 11) is 0. The summed E-state index contributed by atoms with van der Waals surface area (Å²) in [6.07, 6.45) is 3.73. The van der Waals surface area contributed by atoms with Crippen molar-refractivity contribution >= 4 is 32.7 Å². The summed E-state index contributed by atoms with van der Waals surface area (Å²) in [5, 5.41) is 3.13. The van der Waals surface area contributed by atoms with Gasteiger partial charge in [-0.2, -0.15) is 0 Å². The molecule has 34 heavy (non-hydrogen) atoms. The zero-order valence-corrected chi connectivity index (χ0v) is 18.0. The Morgan fingerprint density at radius 1 is 0.882 bits per heavy atom. The first-order chi connectivity index (χ1) is 16.8. The maximum absolute atomic E-state index is 13.7. The Morgan fingerprint density at radius 3 is 2.62 bits per heavy atom. The summed E-state index contributed by atoms with van der Waals surface area (Å²) in [6, 6.07) is 25.8. The second-order valence-electron chi connectivity index (χ2n) is 8.34. The van der Waals surface area contributed by atoms with E-state index >= 15 is 0 Å². The lowest BCUT2D eigenvalue weighted by Gasteiger charge is -2.16. The molecule has 5 aromatic rings. The number of hydrogen-bond donors (Lipinski definition) is 1. The first-order valence-corrected chi connectivity index (χ1v) is 11.1. The Kier molecular flexibility index (Phi) is 3.96. The summed E-state index contributed by atoms with van der Waals surface area (Å²) in [5.74, 6) is 1.29. The van der Waals surface area contributed by atoms with Gasteiger partial charge in [0.25, 0.3) is 5.56 Å². The molecule has 0 saturated heterocycles. The van der Waals surface area contributed by atoms with E-state index in [-0.39, 0.29) is 5.56 Å². The Labute approximate surface area is 193 Å². The molecule has 0 aliphatic carbocycles. The number of fused-ring (bicyclic) bond motifs is 6. The maximum atomic E-state index is 13.7. The lowest BCUT2D eigenvalue weighted by molar-refractivity contribution is 0.519. The predicted molar refractivity (Wildman–Crippen MR) is 133 cm³/mol. The number of imidazole rings is 1. The SMILES string of the molecule is O=c1c(Cc2ccco2)nc2c(-c3ccnc4ccccc34)[nH]c3c4ccccc4ccc3n1-2. The zero-order valence-electron chi connectivity index (χ0n) is 18.0. The van der Waals surface area contributed by atoms with Crippen molar-refractivity contribution in [1.29, 1.82) is 0 Å². The fourth-order valence-electron chi connectivity index (χ4n) is 4.80. The molecule has 6 nitrogen and oxygen atoms in total. The molecule has 0 atom stereocenters. The van der Waals surface area contributed by atoms with Gasteiger partial charge in [-0.3, -0.25) is 14.3 Å². The minimum absolute atomic E-state index is 0.139. The second kappa shape index (κ2) is 7.15. The van der Waals surface area contributed by atoms with Crippen LogP contribution < -0.4 is 5.56 Å². The summed E-state index contributed by atoms with van der Waals surface area (Å²) in [6.45, 7) is 0. The molecule has 162 valence electrons. The number of nitrogens with zero attached hydrogens (tertiary/aromatic N) is 3. The van der Waals surface area contributed by atoms with Gasteiger partial charge in [0.05, 0.1) is 34.9 Å². The second-order valence-corrected chi connectivity index (χ2v) is 8.34. The van der Waals surface area contributed by atoms with Gasteiger partial charge in [0.1, 0.15) is 11.5 Å². The molecule has 0 unspecified atom stereocenters. The van der Waals surface area contributed by atoms with Crippen molar-refractivity contribution in [2.75, 3.05) is 0 Å². The first kappa shape index (κ1) is 18.8. The van der Waals surface area contributed by atoms with Crippen LogP contribution in [0.5, 0.6) is 0 Å². The largest absolute Gasteiger partial charge is 0.469 e. The molecule has 3 aromatic carbocycles. The highest BCUT2D eigenvalue weighted by molar-refractivity contribution is 6.06. The highest BCUT2D eigenvalue weighted by atomic mass is 16.3. The minimum atomic E-state index is -0.139. The van der Waals surface area contributed by atoms with Gasteiger partial charge in [-0.1, -0.05) is 48.5 Å². The third-order valence-electron chi connectivity index (χ3n) is 6.36. The Bertz CT molecular complexity index is 1860. The molecular weight excluding hydrogens is 424 g/mol. The van der Waals surface area contributed by atoms with Crippen LogP contribution in [-0.2, 0) is 6.42 Å². The fourth-order valence-corrected chi connectivity index (χ4v) is 4.80. The lowest BCUT2D eigenvalue weighted by atomic mass is 10.0. The van der Waals surface area contributed by atoms with E-state index in [0.717, 1.165) is 44.0 Å². The number of aromatic amines is 1. The minimum Gasteiger partial charge on any atom is -0.469 e. The van der Waals surface area contributed by atoms with Gasteiger partial charge in [0.15, 0.2) is 5.82 Å². The Hall–Kier alpha value is -4.71. The summed E-state index contributed by atoms with van der Waals surface area (Å²) in [4.78, 5) is 26.7. The fraction of sp³-hybridized carbons (Fsp3) is 0.0357. The van der Waals surface area contributed by atoms with Crippen LogP contribution in [0.1, 0.15) is 11.5 Å². The third kappa shape index (κ3) is 2.72. The average Bonchev–Trinajstić information content (AvgIpc) is 3.51. The van der Waals surface area contributed by atoms with Crippen molar-refractivity contribution in [2.45, 2.75) is 6.42 Å². The monoisotopic (exact) mass is 442 g/mol. The van der Waals surface area contributed by atoms with Crippen LogP contribution in [0, 0.1) is 0 Å². The van der Waals surface area contributed by atoms with Crippen LogP contribution in [-0.4, -0.2) is 19.5 Å². The van der Waals surface area contributed by atoms with Crippen molar-refractivity contribution in [1.82, 2.24) is 19.5 Å². The van der Waals surface area contributed by atoms with Crippen molar-refractivity contribution in [3.8, 4) is 17.1 Å². The van der Waals surface area contributed by atoms with E-state index in [4.69, 9.17) is 9.40 Å². The van der Waals surface area contributed by atoms with Crippen LogP contribution in [0.3, 0.4) is 0 Å². The lowest BCUT2D eigenvalue weighted by Crippen LogP contribution is -2.17. The topological polar surface area (TPSA) is 76.7 Å². The van der Waals surface area contributed by atoms with Gasteiger partial charge in [0, 0.05) is 22.5 Å². The molecule has 4 heterocycles. The normalized spacial score (nSPS) is 11.8. The van der Waals surface area contributed by atoms with Gasteiger partial charge in [-0.15, -0.1) is 0 Å². The number of rotatable bonds is 3. The van der Waals surface area contributed by atoms with Gasteiger partial charge in [0.2, 0.25) is 0 Å². The van der Waals surface area contributed by atoms with Crippen molar-refractivity contribution in [2.24, 2.45) is 0 Å². The molecule has 0 saturated carbocycles. The molecule has 2 aliphatic heterocycles. The van der Waals surface area contributed by atoms with E-state index in [1.54, 1.807) is 17.0 Å². The number of hydrogen-bond acceptors (Lipinski definition) is 4. The van der Waals surface area contributed by atoms with Crippen LogP contribution in [0.2, 0.25) is 0 Å². The number of H-pyrrole nitrogens is 1. The molecule has 0 amide bonds. The first-order valence-electron chi connectivity index (χ1n) is 11.1. The number of pyridine rings is 1. The molecule has 7 rings (SSSR count). The number of aromatic nitrogens is 4. The molecule has 1 N–H and O–H groups in total. The molecule has 2 aliphatic rings. The van der Waals surface area contributed by atoms with Gasteiger partial charge < -0.3 is 9.40 Å². The number of furan rings is 1. The average molecular weight is 442 g/mol. The number of nitrogens with one attached hydrogen (secondary N) is 1. The van der Waals surface area contributed by atoms with Crippen LogP contribution in [0.25, 0.3) is 49.8 Å². The summed E-state index contributed by atoms with van der Waals surface area (Å²) >= 11 is 0. The van der Waals surface area contributed by atoms with E-state index < -0.39 is 0 Å². The number of para-hydroxylation sites is 1. The predicted octanol–water partition coefficient (Wildman–Crippen LogP) is 5.70. The van der Waals surface area contributed by atoms with Gasteiger partial charge >= 0.3 is 0 Å². The molecule has 0 bridgehead atoms. The van der Waals surface area contributed by atoms with Crippen molar-refractivity contribution in [3.63, 3.8) is 0 Å². The molecule has 0 fully saturated rings. The van der Waals surface area contributed by atoms with Crippen molar-refractivity contribution in [3.05, 3.63) is 113 Å². The Balaban J connectivity index is 1.63. The van der Waals surface area contributed by atoms with E-state index in [0.29, 0.717) is 23.7 Å². The van der Waals surface area contributed by atoms with E-state index in [2.05, 4.69) is 22.1 Å². The van der Waals surface area contributed by atoms with E-state index in [1.807, 2.05) is 66.7 Å². The maximum Gasteiger partial charge on any atom is 0.279 e. The summed E-state index contributed by atoms with van der Waals surface area (Å²) < 4.78 is 7.23. The standard InChI is InChI=1S/C28H18N4O2/c33-28-23(16-18-7-5-15-34-18)30-27-26(21-13-14-29-22-10-4-3-9-20(21)22)31-25-19-8-2-1-6-17(19)11-12-24(25)32(27)28/h1-15,31H,16H2.